The zero-order valence-corrected chi connectivity index (χ0v) is 21.7. The van der Waals surface area contributed by atoms with Crippen LogP contribution in [0, 0.1) is 34.6 Å². The van der Waals surface area contributed by atoms with Gasteiger partial charge >= 0.3 is 0 Å². The summed E-state index contributed by atoms with van der Waals surface area (Å²) in [5.74, 6) is -0.192. The van der Waals surface area contributed by atoms with Crippen LogP contribution in [-0.4, -0.2) is 25.1 Å². The average Bonchev–Trinajstić information content (AvgIpc) is 3.40. The molecule has 0 saturated heterocycles. The molecular weight excluding hydrogens is 470 g/mol. The molecule has 3 aromatic heterocycles. The highest BCUT2D eigenvalue weighted by Gasteiger charge is 2.20. The summed E-state index contributed by atoms with van der Waals surface area (Å²) in [6, 6.07) is 15.8. The number of thiazole rings is 1. The quantitative estimate of drug-likeness (QED) is 0.356. The highest BCUT2D eigenvalue weighted by Crippen LogP contribution is 2.25. The summed E-state index contributed by atoms with van der Waals surface area (Å²) < 4.78 is 3.41. The lowest BCUT2D eigenvalue weighted by molar-refractivity contribution is -0.115. The lowest BCUT2D eigenvalue weighted by Gasteiger charge is -2.09. The molecule has 0 spiro atoms. The topological polar surface area (TPSA) is 81.3 Å². The van der Waals surface area contributed by atoms with Gasteiger partial charge in [0, 0.05) is 22.5 Å². The molecule has 5 rings (SSSR count). The van der Waals surface area contributed by atoms with Gasteiger partial charge in [-0.1, -0.05) is 29.8 Å². The van der Waals surface area contributed by atoms with Gasteiger partial charge in [0.1, 0.15) is 5.69 Å². The van der Waals surface area contributed by atoms with Crippen LogP contribution in [0.15, 0.2) is 58.7 Å². The maximum absolute atomic E-state index is 13.7. The van der Waals surface area contributed by atoms with Crippen LogP contribution in [0.4, 0.5) is 5.69 Å². The molecule has 8 heteroatoms. The second-order valence-electron chi connectivity index (χ2n) is 9.19. The van der Waals surface area contributed by atoms with Gasteiger partial charge in [0.05, 0.1) is 23.4 Å². The van der Waals surface area contributed by atoms with E-state index >= 15 is 0 Å². The number of nitrogens with one attached hydrogen (secondary N) is 1. The van der Waals surface area contributed by atoms with Gasteiger partial charge in [0.25, 0.3) is 5.56 Å². The summed E-state index contributed by atoms with van der Waals surface area (Å²) >= 11 is 1.35. The van der Waals surface area contributed by atoms with Crippen LogP contribution < -0.4 is 10.9 Å². The standard InChI is InChI=1S/C28H27N5O2S/c1-16-7-10-21(11-8-16)30-25(34)14-22-15-36-28-29-20(5)26(27(35)32(22)28)23-13-19(4)33(31-23)24-12-17(2)6-9-18(24)3/h6-13,15H,14H2,1-5H3,(H,30,34). The predicted octanol–water partition coefficient (Wildman–Crippen LogP) is 5.33. The first-order valence-electron chi connectivity index (χ1n) is 11.7. The van der Waals surface area contributed by atoms with E-state index in [1.807, 2.05) is 75.0 Å². The Bertz CT molecular complexity index is 1680. The number of aromatic nitrogens is 4. The highest BCUT2D eigenvalue weighted by atomic mass is 32.1. The van der Waals surface area contributed by atoms with E-state index < -0.39 is 0 Å². The molecule has 5 aromatic rings. The zero-order chi connectivity index (χ0) is 25.6. The Morgan fingerprint density at radius 3 is 2.44 bits per heavy atom. The molecule has 0 aliphatic heterocycles. The molecule has 0 aliphatic rings. The molecule has 182 valence electrons. The lowest BCUT2D eigenvalue weighted by Crippen LogP contribution is -2.22. The second kappa shape index (κ2) is 9.20. The van der Waals surface area contributed by atoms with E-state index in [0.29, 0.717) is 27.6 Å². The number of carbonyl (C=O) groups excluding carboxylic acids is 1. The van der Waals surface area contributed by atoms with Crippen molar-refractivity contribution in [1.29, 1.82) is 0 Å². The van der Waals surface area contributed by atoms with Crippen LogP contribution in [0.25, 0.3) is 21.9 Å². The van der Waals surface area contributed by atoms with Crippen molar-refractivity contribution in [2.24, 2.45) is 0 Å². The Morgan fingerprint density at radius 2 is 1.69 bits per heavy atom. The fourth-order valence-corrected chi connectivity index (χ4v) is 5.24. The van der Waals surface area contributed by atoms with Crippen molar-refractivity contribution in [2.75, 3.05) is 5.32 Å². The number of nitrogens with zero attached hydrogens (tertiary/aromatic N) is 4. The number of hydrogen-bond donors (Lipinski definition) is 1. The summed E-state index contributed by atoms with van der Waals surface area (Å²) in [6.45, 7) is 9.89. The summed E-state index contributed by atoms with van der Waals surface area (Å²) in [4.78, 5) is 31.7. The highest BCUT2D eigenvalue weighted by molar-refractivity contribution is 7.15. The molecule has 1 N–H and O–H groups in total. The fourth-order valence-electron chi connectivity index (χ4n) is 4.32. The SMILES string of the molecule is Cc1ccc(NC(=O)Cc2csc3nc(C)c(-c4cc(C)n(-c5cc(C)ccc5C)n4)c(=O)n23)cc1. The molecule has 0 saturated carbocycles. The third-order valence-electron chi connectivity index (χ3n) is 6.23. The van der Waals surface area contributed by atoms with Gasteiger partial charge in [-0.25, -0.2) is 9.67 Å². The van der Waals surface area contributed by atoms with Crippen molar-refractivity contribution in [2.45, 2.75) is 41.0 Å². The number of fused-ring (bicyclic) bond motifs is 1. The van der Waals surface area contributed by atoms with Crippen molar-refractivity contribution >= 4 is 27.9 Å². The van der Waals surface area contributed by atoms with Crippen molar-refractivity contribution in [3.05, 3.63) is 98.0 Å². The fraction of sp³-hybridized carbons (Fsp3) is 0.214. The number of carbonyl (C=O) groups is 1. The molecule has 0 aliphatic carbocycles. The Hall–Kier alpha value is -4.04. The largest absolute Gasteiger partial charge is 0.326 e. The van der Waals surface area contributed by atoms with Gasteiger partial charge in [0.15, 0.2) is 4.96 Å². The number of aryl methyl sites for hydroxylation is 5. The van der Waals surface area contributed by atoms with Crippen LogP contribution >= 0.6 is 11.3 Å². The normalized spacial score (nSPS) is 11.2. The summed E-state index contributed by atoms with van der Waals surface area (Å²) in [5, 5.41) is 9.53. The second-order valence-corrected chi connectivity index (χ2v) is 10.0. The third-order valence-corrected chi connectivity index (χ3v) is 7.11. The molecule has 0 atom stereocenters. The summed E-state index contributed by atoms with van der Waals surface area (Å²) in [6.07, 6.45) is 0.0634. The van der Waals surface area contributed by atoms with Crippen LogP contribution in [0.3, 0.4) is 0 Å². The molecule has 36 heavy (non-hydrogen) atoms. The number of amides is 1. The zero-order valence-electron chi connectivity index (χ0n) is 20.9. The maximum atomic E-state index is 13.7. The first-order chi connectivity index (χ1) is 17.2. The molecule has 0 bridgehead atoms. The van der Waals surface area contributed by atoms with Crippen LogP contribution in [0.5, 0.6) is 0 Å². The Morgan fingerprint density at radius 1 is 0.972 bits per heavy atom. The molecule has 3 heterocycles. The van der Waals surface area contributed by atoms with Gasteiger partial charge in [-0.3, -0.25) is 14.0 Å². The number of rotatable bonds is 5. The van der Waals surface area contributed by atoms with Gasteiger partial charge in [-0.2, -0.15) is 5.10 Å². The molecule has 7 nitrogen and oxygen atoms in total. The van der Waals surface area contributed by atoms with Crippen molar-refractivity contribution in [1.82, 2.24) is 19.2 Å². The molecule has 2 aromatic carbocycles. The van der Waals surface area contributed by atoms with Gasteiger partial charge < -0.3 is 5.32 Å². The van der Waals surface area contributed by atoms with Crippen LogP contribution in [0.2, 0.25) is 0 Å². The molecular formula is C28H27N5O2S. The number of hydrogen-bond acceptors (Lipinski definition) is 5. The Kier molecular flexibility index (Phi) is 6.05. The Balaban J connectivity index is 1.53. The number of anilines is 1. The minimum absolute atomic E-state index is 0.0634. The van der Waals surface area contributed by atoms with E-state index in [1.165, 1.54) is 15.7 Å². The van der Waals surface area contributed by atoms with E-state index in [0.717, 1.165) is 33.8 Å². The van der Waals surface area contributed by atoms with Gasteiger partial charge in [-0.15, -0.1) is 11.3 Å². The first-order valence-corrected chi connectivity index (χ1v) is 12.6. The smallest absolute Gasteiger partial charge is 0.268 e. The third kappa shape index (κ3) is 4.35. The van der Waals surface area contributed by atoms with E-state index in [1.54, 1.807) is 0 Å². The lowest BCUT2D eigenvalue weighted by atomic mass is 10.1. The van der Waals surface area contributed by atoms with Crippen molar-refractivity contribution < 1.29 is 4.79 Å². The molecule has 1 amide bonds. The summed E-state index contributed by atoms with van der Waals surface area (Å²) in [7, 11) is 0. The minimum atomic E-state index is -0.220. The van der Waals surface area contributed by atoms with Crippen LogP contribution in [0.1, 0.15) is 33.8 Å². The monoisotopic (exact) mass is 497 g/mol. The van der Waals surface area contributed by atoms with Crippen LogP contribution in [-0.2, 0) is 11.2 Å². The van der Waals surface area contributed by atoms with Gasteiger partial charge in [0.2, 0.25) is 5.91 Å². The Labute approximate surface area is 213 Å². The van der Waals surface area contributed by atoms with Gasteiger partial charge in [-0.05, 0) is 70.0 Å². The maximum Gasteiger partial charge on any atom is 0.268 e. The van der Waals surface area contributed by atoms with E-state index in [2.05, 4.69) is 28.5 Å². The first kappa shape index (κ1) is 23.7. The molecule has 0 radical (unpaired) electrons. The summed E-state index contributed by atoms with van der Waals surface area (Å²) in [5.41, 5.74) is 7.98. The number of benzene rings is 2. The molecule has 0 unspecified atom stereocenters. The average molecular weight is 498 g/mol. The van der Waals surface area contributed by atoms with E-state index in [-0.39, 0.29) is 17.9 Å². The predicted molar refractivity (Wildman–Crippen MR) is 144 cm³/mol. The van der Waals surface area contributed by atoms with E-state index in [4.69, 9.17) is 5.10 Å². The minimum Gasteiger partial charge on any atom is -0.326 e. The van der Waals surface area contributed by atoms with E-state index in [9.17, 15) is 9.59 Å². The van der Waals surface area contributed by atoms with Crippen molar-refractivity contribution in [3.63, 3.8) is 0 Å². The molecule has 0 fully saturated rings. The van der Waals surface area contributed by atoms with Crippen molar-refractivity contribution in [3.8, 4) is 16.9 Å².